The maximum Gasteiger partial charge on any atom is 0.158 e. The molecule has 0 bridgehead atoms. The number of nitrogens with zero attached hydrogens (tertiary/aromatic N) is 5. The number of aryl methyl sites for hydroxylation is 1. The number of aromatic nitrogens is 3. The molecule has 0 atom stereocenters. The zero-order chi connectivity index (χ0) is 18.4. The summed E-state index contributed by atoms with van der Waals surface area (Å²) in [4.78, 5) is 15.1. The highest BCUT2D eigenvalue weighted by Gasteiger charge is 2.19. The maximum atomic E-state index is 8.79. The van der Waals surface area contributed by atoms with Crippen LogP contribution in [0, 0.1) is 18.3 Å². The lowest BCUT2D eigenvalue weighted by molar-refractivity contribution is 0.219. The maximum absolute atomic E-state index is 8.79. The molecule has 26 heavy (non-hydrogen) atoms. The summed E-state index contributed by atoms with van der Waals surface area (Å²) in [6.07, 6.45) is 8.37. The van der Waals surface area contributed by atoms with Crippen LogP contribution >= 0.6 is 0 Å². The fourth-order valence-electron chi connectivity index (χ4n) is 3.17. The number of hydrogen-bond donors (Lipinski definition) is 2. The third kappa shape index (κ3) is 4.67. The van der Waals surface area contributed by atoms with Gasteiger partial charge in [0.15, 0.2) is 5.69 Å². The van der Waals surface area contributed by atoms with E-state index in [4.69, 9.17) is 5.26 Å². The lowest BCUT2D eigenvalue weighted by Crippen LogP contribution is -2.39. The van der Waals surface area contributed by atoms with Gasteiger partial charge in [-0.05, 0) is 38.3 Å². The quantitative estimate of drug-likeness (QED) is 0.826. The van der Waals surface area contributed by atoms with E-state index in [1.54, 1.807) is 0 Å². The summed E-state index contributed by atoms with van der Waals surface area (Å²) in [7, 11) is 0. The van der Waals surface area contributed by atoms with Crippen LogP contribution in [0.4, 0.5) is 17.3 Å². The molecule has 1 fully saturated rings. The molecule has 0 unspecified atom stereocenters. The monoisotopic (exact) mass is 351 g/mol. The number of anilines is 3. The van der Waals surface area contributed by atoms with Gasteiger partial charge in [-0.1, -0.05) is 6.92 Å². The standard InChI is InChI=1S/C19H25N7/c1-3-6-26-7-4-15(5-8-26)24-17-9-18(22-11-14(17)2)25-19-13-21-16(10-20)12-23-19/h9,11-13,15H,3-8H2,1-2H3,(H2,22,23,24,25). The molecular weight excluding hydrogens is 326 g/mol. The Morgan fingerprint density at radius 1 is 1.15 bits per heavy atom. The molecule has 2 aromatic heterocycles. The summed E-state index contributed by atoms with van der Waals surface area (Å²) in [6.45, 7) is 7.80. The van der Waals surface area contributed by atoms with Crippen LogP contribution in [0.15, 0.2) is 24.7 Å². The van der Waals surface area contributed by atoms with Crippen LogP contribution in [0.2, 0.25) is 0 Å². The molecule has 7 heteroatoms. The first kappa shape index (κ1) is 18.1. The first-order chi connectivity index (χ1) is 12.7. The highest BCUT2D eigenvalue weighted by Crippen LogP contribution is 2.23. The van der Waals surface area contributed by atoms with E-state index in [9.17, 15) is 0 Å². The molecule has 0 aromatic carbocycles. The van der Waals surface area contributed by atoms with Gasteiger partial charge in [0.2, 0.25) is 0 Å². The van der Waals surface area contributed by atoms with E-state index in [2.05, 4.69) is 44.3 Å². The molecule has 1 saturated heterocycles. The van der Waals surface area contributed by atoms with E-state index in [-0.39, 0.29) is 0 Å². The van der Waals surface area contributed by atoms with E-state index < -0.39 is 0 Å². The van der Waals surface area contributed by atoms with Crippen LogP contribution in [0.5, 0.6) is 0 Å². The zero-order valence-corrected chi connectivity index (χ0v) is 15.4. The van der Waals surface area contributed by atoms with Gasteiger partial charge in [0, 0.05) is 37.1 Å². The molecule has 0 spiro atoms. The molecule has 0 radical (unpaired) electrons. The van der Waals surface area contributed by atoms with E-state index in [1.807, 2.05) is 18.3 Å². The van der Waals surface area contributed by atoms with Crippen molar-refractivity contribution in [3.63, 3.8) is 0 Å². The van der Waals surface area contributed by atoms with Crippen molar-refractivity contribution in [2.24, 2.45) is 0 Å². The van der Waals surface area contributed by atoms with Gasteiger partial charge >= 0.3 is 0 Å². The van der Waals surface area contributed by atoms with Crippen LogP contribution in [0.25, 0.3) is 0 Å². The number of hydrogen-bond acceptors (Lipinski definition) is 7. The predicted octanol–water partition coefficient (Wildman–Crippen LogP) is 3.08. The third-order valence-corrected chi connectivity index (χ3v) is 4.61. The molecule has 0 saturated carbocycles. The summed E-state index contributed by atoms with van der Waals surface area (Å²) < 4.78 is 0. The first-order valence-corrected chi connectivity index (χ1v) is 9.12. The molecule has 136 valence electrons. The summed E-state index contributed by atoms with van der Waals surface area (Å²) >= 11 is 0. The van der Waals surface area contributed by atoms with E-state index in [0.29, 0.717) is 23.4 Å². The molecule has 0 amide bonds. The second kappa shape index (κ2) is 8.59. The molecule has 2 aromatic rings. The average Bonchev–Trinajstić information content (AvgIpc) is 2.67. The average molecular weight is 351 g/mol. The van der Waals surface area contributed by atoms with Gasteiger partial charge in [0.05, 0.1) is 12.4 Å². The third-order valence-electron chi connectivity index (χ3n) is 4.61. The largest absolute Gasteiger partial charge is 0.382 e. The van der Waals surface area contributed by atoms with Gasteiger partial charge in [-0.25, -0.2) is 15.0 Å². The predicted molar refractivity (Wildman–Crippen MR) is 102 cm³/mol. The molecule has 1 aliphatic heterocycles. The van der Waals surface area contributed by atoms with Crippen molar-refractivity contribution in [2.45, 2.75) is 39.2 Å². The lowest BCUT2D eigenvalue weighted by Gasteiger charge is -2.33. The Kier molecular flexibility index (Phi) is 5.97. The summed E-state index contributed by atoms with van der Waals surface area (Å²) in [5, 5.41) is 15.6. The summed E-state index contributed by atoms with van der Waals surface area (Å²) in [5.41, 5.74) is 2.51. The van der Waals surface area contributed by atoms with E-state index in [0.717, 1.165) is 37.2 Å². The van der Waals surface area contributed by atoms with E-state index >= 15 is 0 Å². The Hall–Kier alpha value is -2.72. The highest BCUT2D eigenvalue weighted by molar-refractivity contribution is 5.61. The van der Waals surface area contributed by atoms with Crippen LogP contribution < -0.4 is 10.6 Å². The van der Waals surface area contributed by atoms with Crippen molar-refractivity contribution in [3.05, 3.63) is 35.9 Å². The number of nitriles is 1. The Balaban J connectivity index is 1.63. The first-order valence-electron chi connectivity index (χ1n) is 9.12. The van der Waals surface area contributed by atoms with Crippen molar-refractivity contribution in [2.75, 3.05) is 30.3 Å². The smallest absolute Gasteiger partial charge is 0.158 e. The van der Waals surface area contributed by atoms with Crippen LogP contribution in [0.3, 0.4) is 0 Å². The molecule has 3 rings (SSSR count). The van der Waals surface area contributed by atoms with Crippen LogP contribution in [-0.4, -0.2) is 45.5 Å². The SMILES string of the molecule is CCCN1CCC(Nc2cc(Nc3cnc(C#N)cn3)ncc2C)CC1. The van der Waals surface area contributed by atoms with Crippen LogP contribution in [0.1, 0.15) is 37.4 Å². The van der Waals surface area contributed by atoms with Crippen molar-refractivity contribution in [1.29, 1.82) is 5.26 Å². The summed E-state index contributed by atoms with van der Waals surface area (Å²) in [5.74, 6) is 1.28. The minimum atomic E-state index is 0.296. The number of pyridine rings is 1. The zero-order valence-electron chi connectivity index (χ0n) is 15.4. The molecule has 3 heterocycles. The molecular formula is C19H25N7. The van der Waals surface area contributed by atoms with Gasteiger partial charge in [-0.15, -0.1) is 0 Å². The number of likely N-dealkylation sites (tertiary alicyclic amines) is 1. The van der Waals surface area contributed by atoms with Crippen molar-refractivity contribution in [3.8, 4) is 6.07 Å². The van der Waals surface area contributed by atoms with Crippen molar-refractivity contribution < 1.29 is 0 Å². The Labute approximate surface area is 154 Å². The fourth-order valence-corrected chi connectivity index (χ4v) is 3.17. The van der Waals surface area contributed by atoms with Crippen LogP contribution in [-0.2, 0) is 0 Å². The molecule has 0 aliphatic carbocycles. The second-order valence-corrected chi connectivity index (χ2v) is 6.67. The van der Waals surface area contributed by atoms with Gasteiger partial charge in [0.1, 0.15) is 17.7 Å². The minimum Gasteiger partial charge on any atom is -0.382 e. The van der Waals surface area contributed by atoms with Crippen molar-refractivity contribution >= 4 is 17.3 Å². The van der Waals surface area contributed by atoms with Gasteiger partial charge in [-0.3, -0.25) is 0 Å². The second-order valence-electron chi connectivity index (χ2n) is 6.67. The Morgan fingerprint density at radius 3 is 2.58 bits per heavy atom. The van der Waals surface area contributed by atoms with Crippen molar-refractivity contribution in [1.82, 2.24) is 19.9 Å². The number of rotatable bonds is 6. The van der Waals surface area contributed by atoms with E-state index in [1.165, 1.54) is 25.4 Å². The Bertz CT molecular complexity index is 758. The highest BCUT2D eigenvalue weighted by atomic mass is 15.1. The van der Waals surface area contributed by atoms with Gasteiger partial charge in [-0.2, -0.15) is 5.26 Å². The fraction of sp³-hybridized carbons (Fsp3) is 0.474. The molecule has 7 nitrogen and oxygen atoms in total. The minimum absolute atomic E-state index is 0.296. The number of nitrogens with one attached hydrogen (secondary N) is 2. The normalized spacial score (nSPS) is 15.4. The lowest BCUT2D eigenvalue weighted by atomic mass is 10.0. The molecule has 2 N–H and O–H groups in total. The van der Waals surface area contributed by atoms with Gasteiger partial charge < -0.3 is 15.5 Å². The van der Waals surface area contributed by atoms with Gasteiger partial charge in [0.25, 0.3) is 0 Å². The topological polar surface area (TPSA) is 89.8 Å². The Morgan fingerprint density at radius 2 is 1.92 bits per heavy atom. The molecule has 1 aliphatic rings. The summed E-state index contributed by atoms with van der Waals surface area (Å²) in [6, 6.07) is 4.46. The number of piperidine rings is 1.